The Balaban J connectivity index is 3.36. The molecule has 0 aromatic rings. The number of alkyl halides is 2. The van der Waals surface area contributed by atoms with Gasteiger partial charge in [0.25, 0.3) is 0 Å². The molecule has 0 aliphatic carbocycles. The van der Waals surface area contributed by atoms with Gasteiger partial charge in [0.15, 0.2) is 0 Å². The second kappa shape index (κ2) is 2.24. The van der Waals surface area contributed by atoms with E-state index >= 15 is 0 Å². The summed E-state index contributed by atoms with van der Waals surface area (Å²) in [5, 5.41) is 0. The van der Waals surface area contributed by atoms with Crippen molar-refractivity contribution >= 4 is 0 Å². The number of rotatable bonds is 2. The van der Waals surface area contributed by atoms with Crippen LogP contribution in [0.25, 0.3) is 0 Å². The lowest BCUT2D eigenvalue weighted by Crippen LogP contribution is -2.15. The van der Waals surface area contributed by atoms with Gasteiger partial charge in [-0.15, -0.1) is 0 Å². The molecule has 0 aromatic carbocycles. The zero-order valence-corrected chi connectivity index (χ0v) is 4.67. The maximum absolute atomic E-state index is 11.5. The highest BCUT2D eigenvalue weighted by molar-refractivity contribution is 4.63. The zero-order chi connectivity index (χ0) is 5.91. The average molecular weight is 108 g/mol. The fourth-order valence-electron chi connectivity index (χ4n) is 0.0357. The predicted octanol–water partition coefficient (Wildman–Crippen LogP) is 1.95. The van der Waals surface area contributed by atoms with Gasteiger partial charge in [-0.2, -0.15) is 0 Å². The Morgan fingerprint density at radius 3 is 1.43 bits per heavy atom. The number of hydrogen-bond acceptors (Lipinski definition) is 0. The summed E-state index contributed by atoms with van der Waals surface area (Å²) >= 11 is 0. The third kappa shape index (κ3) is 2.54. The summed E-state index contributed by atoms with van der Waals surface area (Å²) in [5.41, 5.74) is -0.750. The topological polar surface area (TPSA) is 0 Å². The molecule has 0 spiro atoms. The van der Waals surface area contributed by atoms with Gasteiger partial charge in [-0.3, -0.25) is 8.78 Å². The summed E-state index contributed by atoms with van der Waals surface area (Å²) in [6.07, 6.45) is 0. The molecule has 0 aliphatic heterocycles. The molecule has 0 radical (unpaired) electrons. The van der Waals surface area contributed by atoms with Crippen molar-refractivity contribution in [3.8, 4) is 0 Å². The summed E-state index contributed by atoms with van der Waals surface area (Å²) in [7, 11) is 0. The van der Waals surface area contributed by atoms with Crippen LogP contribution in [-0.4, -0.2) is 13.3 Å². The Kier molecular flexibility index (Phi) is 2.20. The molecule has 2 heteroatoms. The first-order chi connectivity index (χ1) is 3.12. The van der Waals surface area contributed by atoms with Gasteiger partial charge in [0.05, 0.1) is 13.3 Å². The highest BCUT2D eigenvalue weighted by Gasteiger charge is 2.15. The van der Waals surface area contributed by atoms with E-state index in [1.54, 1.807) is 13.8 Å². The Morgan fingerprint density at radius 2 is 1.43 bits per heavy atom. The van der Waals surface area contributed by atoms with Crippen LogP contribution in [0.2, 0.25) is 0 Å². The molecule has 0 atom stereocenters. The van der Waals surface area contributed by atoms with Crippen molar-refractivity contribution in [3.05, 3.63) is 0 Å². The minimum absolute atomic E-state index is 0.580. The summed E-state index contributed by atoms with van der Waals surface area (Å²) < 4.78 is 23.1. The second-order valence-electron chi connectivity index (χ2n) is 2.43. The Labute approximate surface area is 42.5 Å². The molecule has 0 rings (SSSR count). The maximum atomic E-state index is 11.5. The van der Waals surface area contributed by atoms with E-state index < -0.39 is 18.8 Å². The van der Waals surface area contributed by atoms with Gasteiger partial charge in [-0.25, -0.2) is 0 Å². The first kappa shape index (κ1) is 6.86. The normalized spacial score (nSPS) is 12.0. The third-order valence-corrected chi connectivity index (χ3v) is 0.724. The Hall–Kier alpha value is -0.140. The van der Waals surface area contributed by atoms with Crippen LogP contribution >= 0.6 is 0 Å². The van der Waals surface area contributed by atoms with Gasteiger partial charge < -0.3 is 0 Å². The first-order valence-corrected chi connectivity index (χ1v) is 2.24. The SMILES string of the molecule is CC(C)(CF)CF. The lowest BCUT2D eigenvalue weighted by atomic mass is 9.98. The smallest absolute Gasteiger partial charge is 0.0970 e. The molecular formula is C5H10F2. The molecule has 0 aromatic heterocycles. The van der Waals surface area contributed by atoms with Crippen LogP contribution in [0.3, 0.4) is 0 Å². The number of hydrogen-bond donors (Lipinski definition) is 0. The van der Waals surface area contributed by atoms with Crippen LogP contribution in [-0.2, 0) is 0 Å². The largest absolute Gasteiger partial charge is 0.250 e. The zero-order valence-electron chi connectivity index (χ0n) is 4.67. The molecule has 0 saturated carbocycles. The van der Waals surface area contributed by atoms with Crippen LogP contribution < -0.4 is 0 Å². The lowest BCUT2D eigenvalue weighted by Gasteiger charge is -2.13. The maximum Gasteiger partial charge on any atom is 0.0970 e. The van der Waals surface area contributed by atoms with Gasteiger partial charge in [0.1, 0.15) is 0 Å². The van der Waals surface area contributed by atoms with E-state index in [9.17, 15) is 8.78 Å². The van der Waals surface area contributed by atoms with Gasteiger partial charge in [0, 0.05) is 5.41 Å². The van der Waals surface area contributed by atoms with Crippen LogP contribution in [0.5, 0.6) is 0 Å². The van der Waals surface area contributed by atoms with Crippen molar-refractivity contribution in [2.45, 2.75) is 13.8 Å². The van der Waals surface area contributed by atoms with E-state index in [0.29, 0.717) is 0 Å². The van der Waals surface area contributed by atoms with E-state index in [1.165, 1.54) is 0 Å². The Morgan fingerprint density at radius 1 is 1.14 bits per heavy atom. The van der Waals surface area contributed by atoms with Gasteiger partial charge in [0.2, 0.25) is 0 Å². The molecule has 0 N–H and O–H groups in total. The van der Waals surface area contributed by atoms with Crippen LogP contribution in [0, 0.1) is 5.41 Å². The lowest BCUT2D eigenvalue weighted by molar-refractivity contribution is 0.197. The summed E-state index contributed by atoms with van der Waals surface area (Å²) in [4.78, 5) is 0. The van der Waals surface area contributed by atoms with E-state index in [-0.39, 0.29) is 0 Å². The van der Waals surface area contributed by atoms with Crippen LogP contribution in [0.1, 0.15) is 13.8 Å². The predicted molar refractivity (Wildman–Crippen MR) is 25.7 cm³/mol. The molecule has 0 saturated heterocycles. The molecule has 0 amide bonds. The van der Waals surface area contributed by atoms with E-state index in [4.69, 9.17) is 0 Å². The second-order valence-corrected chi connectivity index (χ2v) is 2.43. The van der Waals surface area contributed by atoms with Crippen molar-refractivity contribution in [1.82, 2.24) is 0 Å². The fraction of sp³-hybridized carbons (Fsp3) is 1.00. The fourth-order valence-corrected chi connectivity index (χ4v) is 0.0357. The molecule has 0 heterocycles. The standard InChI is InChI=1S/C5H10F2/c1-5(2,3-6)4-7/h3-4H2,1-2H3. The van der Waals surface area contributed by atoms with Crippen molar-refractivity contribution < 1.29 is 8.78 Å². The minimum atomic E-state index is -0.750. The third-order valence-electron chi connectivity index (χ3n) is 0.724. The molecule has 0 fully saturated rings. The van der Waals surface area contributed by atoms with Crippen molar-refractivity contribution in [1.29, 1.82) is 0 Å². The van der Waals surface area contributed by atoms with E-state index in [0.717, 1.165) is 0 Å². The molecule has 0 unspecified atom stereocenters. The highest BCUT2D eigenvalue weighted by Crippen LogP contribution is 2.14. The molecule has 0 aliphatic rings. The minimum Gasteiger partial charge on any atom is -0.250 e. The van der Waals surface area contributed by atoms with E-state index in [1.807, 2.05) is 0 Å². The first-order valence-electron chi connectivity index (χ1n) is 2.24. The van der Waals surface area contributed by atoms with E-state index in [2.05, 4.69) is 0 Å². The molecule has 7 heavy (non-hydrogen) atoms. The number of halogens is 2. The molecular weight excluding hydrogens is 98.1 g/mol. The van der Waals surface area contributed by atoms with Gasteiger partial charge in [-0.05, 0) is 0 Å². The van der Waals surface area contributed by atoms with Crippen molar-refractivity contribution in [2.75, 3.05) is 13.3 Å². The molecule has 44 valence electrons. The van der Waals surface area contributed by atoms with Gasteiger partial charge >= 0.3 is 0 Å². The van der Waals surface area contributed by atoms with Crippen LogP contribution in [0.15, 0.2) is 0 Å². The average Bonchev–Trinajstić information content (AvgIpc) is 1.68. The molecule has 0 bridgehead atoms. The van der Waals surface area contributed by atoms with Crippen molar-refractivity contribution in [2.24, 2.45) is 5.41 Å². The quantitative estimate of drug-likeness (QED) is 0.507. The summed E-state index contributed by atoms with van der Waals surface area (Å²) in [6.45, 7) is 1.94. The van der Waals surface area contributed by atoms with Gasteiger partial charge in [-0.1, -0.05) is 13.8 Å². The monoisotopic (exact) mass is 108 g/mol. The Bertz CT molecular complexity index is 44.0. The van der Waals surface area contributed by atoms with Crippen molar-refractivity contribution in [3.63, 3.8) is 0 Å². The summed E-state index contributed by atoms with van der Waals surface area (Å²) in [5.74, 6) is 0. The summed E-state index contributed by atoms with van der Waals surface area (Å²) in [6, 6.07) is 0. The van der Waals surface area contributed by atoms with Crippen LogP contribution in [0.4, 0.5) is 8.78 Å². The highest BCUT2D eigenvalue weighted by atomic mass is 19.1. The molecule has 0 nitrogen and oxygen atoms in total.